The highest BCUT2D eigenvalue weighted by molar-refractivity contribution is 5.98. The van der Waals surface area contributed by atoms with E-state index in [1.54, 1.807) is 21.7 Å². The van der Waals surface area contributed by atoms with Crippen molar-refractivity contribution in [3.63, 3.8) is 0 Å². The van der Waals surface area contributed by atoms with Crippen LogP contribution in [0.1, 0.15) is 45.3 Å². The smallest absolute Gasteiger partial charge is 0.267 e. The van der Waals surface area contributed by atoms with Gasteiger partial charge in [0.05, 0.1) is 11.6 Å². The molecule has 0 fully saturated rings. The van der Waals surface area contributed by atoms with Crippen LogP contribution in [0.4, 0.5) is 0 Å². The number of hydrogen-bond acceptors (Lipinski definition) is 3. The maximum absolute atomic E-state index is 13.4. The summed E-state index contributed by atoms with van der Waals surface area (Å²) in [7, 11) is 3.69. The van der Waals surface area contributed by atoms with Crippen molar-refractivity contribution in [3.05, 3.63) is 102 Å². The van der Waals surface area contributed by atoms with Crippen LogP contribution in [-0.2, 0) is 7.05 Å². The average molecular weight is 441 g/mol. The second-order valence-electron chi connectivity index (χ2n) is 8.16. The molecular formula is C27H28N4O2. The summed E-state index contributed by atoms with van der Waals surface area (Å²) in [6.07, 6.45) is 5.07. The first-order valence-electron chi connectivity index (χ1n) is 11.1. The van der Waals surface area contributed by atoms with Crippen molar-refractivity contribution in [1.82, 2.24) is 19.8 Å². The summed E-state index contributed by atoms with van der Waals surface area (Å²) in [5.41, 5.74) is 3.21. The number of aromatic nitrogens is 2. The molecule has 0 radical (unpaired) electrons. The number of nitrogens with zero attached hydrogens (tertiary/aromatic N) is 3. The largest absolute Gasteiger partial charge is 0.351 e. The van der Waals surface area contributed by atoms with Gasteiger partial charge in [-0.2, -0.15) is 0 Å². The third-order valence-electron chi connectivity index (χ3n) is 5.94. The van der Waals surface area contributed by atoms with Crippen LogP contribution in [0.3, 0.4) is 0 Å². The van der Waals surface area contributed by atoms with Gasteiger partial charge in [-0.1, -0.05) is 36.4 Å². The van der Waals surface area contributed by atoms with Gasteiger partial charge in [0.1, 0.15) is 5.69 Å². The van der Waals surface area contributed by atoms with Gasteiger partial charge < -0.3 is 14.8 Å². The molecule has 4 rings (SSSR count). The third kappa shape index (κ3) is 5.12. The van der Waals surface area contributed by atoms with E-state index in [4.69, 9.17) is 0 Å². The second-order valence-corrected chi connectivity index (χ2v) is 8.16. The van der Waals surface area contributed by atoms with E-state index in [-0.39, 0.29) is 17.9 Å². The highest BCUT2D eigenvalue weighted by atomic mass is 16.2. The normalized spacial score (nSPS) is 11.8. The number of hydrogen-bond donors (Lipinski definition) is 1. The fourth-order valence-electron chi connectivity index (χ4n) is 4.10. The Morgan fingerprint density at radius 1 is 1.03 bits per heavy atom. The standard InChI is InChI=1S/C27H28N4O2/c1-30-18-8-13-25(30)26(32)29-17-7-12-24(20-9-4-3-5-10-20)31(2)27(33)22-14-15-23-21(19-22)11-6-16-28-23/h3-6,8-11,13-16,18-19,24H,7,12,17H2,1-2H3,(H,29,32). The maximum atomic E-state index is 13.4. The van der Waals surface area contributed by atoms with Crippen molar-refractivity contribution in [1.29, 1.82) is 0 Å². The number of aryl methyl sites for hydroxylation is 1. The quantitative estimate of drug-likeness (QED) is 0.407. The van der Waals surface area contributed by atoms with Crippen LogP contribution in [0.2, 0.25) is 0 Å². The number of carbonyl (C=O) groups excluding carboxylic acids is 2. The van der Waals surface area contributed by atoms with E-state index in [9.17, 15) is 9.59 Å². The fourth-order valence-corrected chi connectivity index (χ4v) is 4.10. The second kappa shape index (κ2) is 10.1. The zero-order valence-corrected chi connectivity index (χ0v) is 18.9. The van der Waals surface area contributed by atoms with Gasteiger partial charge in [0.2, 0.25) is 0 Å². The molecule has 1 N–H and O–H groups in total. The fraction of sp³-hybridized carbons (Fsp3) is 0.222. The van der Waals surface area contributed by atoms with Gasteiger partial charge in [-0.3, -0.25) is 14.6 Å². The van der Waals surface area contributed by atoms with Gasteiger partial charge in [-0.05, 0) is 54.8 Å². The van der Waals surface area contributed by atoms with Gasteiger partial charge in [-0.25, -0.2) is 0 Å². The number of pyridine rings is 1. The molecule has 0 spiro atoms. The summed E-state index contributed by atoms with van der Waals surface area (Å²) in [6, 6.07) is 23.0. The Labute approximate surface area is 193 Å². The molecule has 2 amide bonds. The summed E-state index contributed by atoms with van der Waals surface area (Å²) in [5.74, 6) is -0.129. The molecule has 6 nitrogen and oxygen atoms in total. The Morgan fingerprint density at radius 2 is 1.85 bits per heavy atom. The van der Waals surface area contributed by atoms with E-state index in [0.717, 1.165) is 29.3 Å². The first-order chi connectivity index (χ1) is 16.0. The molecule has 2 aromatic heterocycles. The van der Waals surface area contributed by atoms with E-state index in [0.29, 0.717) is 17.8 Å². The predicted molar refractivity (Wildman–Crippen MR) is 130 cm³/mol. The lowest BCUT2D eigenvalue weighted by molar-refractivity contribution is 0.0719. The predicted octanol–water partition coefficient (Wildman–Crippen LogP) is 4.60. The van der Waals surface area contributed by atoms with E-state index < -0.39 is 0 Å². The van der Waals surface area contributed by atoms with Crippen molar-refractivity contribution in [2.45, 2.75) is 18.9 Å². The Morgan fingerprint density at radius 3 is 2.61 bits per heavy atom. The molecule has 0 saturated heterocycles. The molecule has 6 heteroatoms. The maximum Gasteiger partial charge on any atom is 0.267 e. The summed E-state index contributed by atoms with van der Waals surface area (Å²) < 4.78 is 1.80. The monoisotopic (exact) mass is 440 g/mol. The van der Waals surface area contributed by atoms with Gasteiger partial charge in [0.25, 0.3) is 11.8 Å². The van der Waals surface area contributed by atoms with Crippen LogP contribution in [0.5, 0.6) is 0 Å². The zero-order valence-electron chi connectivity index (χ0n) is 18.9. The van der Waals surface area contributed by atoms with Crippen LogP contribution in [-0.4, -0.2) is 39.9 Å². The topological polar surface area (TPSA) is 67.2 Å². The van der Waals surface area contributed by atoms with E-state index in [1.165, 1.54) is 0 Å². The number of fused-ring (bicyclic) bond motifs is 1. The Balaban J connectivity index is 1.46. The average Bonchev–Trinajstić information content (AvgIpc) is 3.29. The molecular weight excluding hydrogens is 412 g/mol. The molecule has 0 saturated carbocycles. The number of rotatable bonds is 8. The van der Waals surface area contributed by atoms with Gasteiger partial charge in [0.15, 0.2) is 0 Å². The molecule has 0 bridgehead atoms. The third-order valence-corrected chi connectivity index (χ3v) is 5.94. The lowest BCUT2D eigenvalue weighted by Crippen LogP contribution is -2.32. The Hall–Kier alpha value is -3.93. The summed E-state index contributed by atoms with van der Waals surface area (Å²) in [5, 5.41) is 3.92. The minimum Gasteiger partial charge on any atom is -0.351 e. The molecule has 0 aliphatic carbocycles. The summed E-state index contributed by atoms with van der Waals surface area (Å²) in [6.45, 7) is 0.539. The highest BCUT2D eigenvalue weighted by Gasteiger charge is 2.23. The minimum absolute atomic E-state index is 0.0394. The first-order valence-corrected chi connectivity index (χ1v) is 11.1. The van der Waals surface area contributed by atoms with Crippen LogP contribution >= 0.6 is 0 Å². The summed E-state index contributed by atoms with van der Waals surface area (Å²) in [4.78, 5) is 31.9. The molecule has 168 valence electrons. The van der Waals surface area contributed by atoms with Crippen molar-refractivity contribution in [2.75, 3.05) is 13.6 Å². The summed E-state index contributed by atoms with van der Waals surface area (Å²) >= 11 is 0. The number of carbonyl (C=O) groups is 2. The molecule has 33 heavy (non-hydrogen) atoms. The van der Waals surface area contributed by atoms with Crippen LogP contribution in [0, 0.1) is 0 Å². The highest BCUT2D eigenvalue weighted by Crippen LogP contribution is 2.26. The van der Waals surface area contributed by atoms with Crippen LogP contribution < -0.4 is 5.32 Å². The van der Waals surface area contributed by atoms with E-state index >= 15 is 0 Å². The van der Waals surface area contributed by atoms with Crippen LogP contribution in [0.15, 0.2) is 85.2 Å². The van der Waals surface area contributed by atoms with Crippen molar-refractivity contribution >= 4 is 22.7 Å². The van der Waals surface area contributed by atoms with Gasteiger partial charge in [-0.15, -0.1) is 0 Å². The van der Waals surface area contributed by atoms with E-state index in [2.05, 4.69) is 10.3 Å². The SMILES string of the molecule is CN(C(=O)c1ccc2ncccc2c1)C(CCCNC(=O)c1cccn1C)c1ccccc1. The number of nitrogens with one attached hydrogen (secondary N) is 1. The van der Waals surface area contributed by atoms with E-state index in [1.807, 2.05) is 87.0 Å². The number of benzene rings is 2. The number of amides is 2. The first kappa shape index (κ1) is 22.3. The molecule has 1 unspecified atom stereocenters. The Bertz CT molecular complexity index is 1250. The minimum atomic E-state index is -0.102. The van der Waals surface area contributed by atoms with Crippen molar-refractivity contribution < 1.29 is 9.59 Å². The molecule has 0 aliphatic rings. The van der Waals surface area contributed by atoms with Crippen molar-refractivity contribution in [3.8, 4) is 0 Å². The zero-order chi connectivity index (χ0) is 23.2. The van der Waals surface area contributed by atoms with Crippen molar-refractivity contribution in [2.24, 2.45) is 7.05 Å². The molecule has 2 aromatic carbocycles. The molecule has 1 atom stereocenters. The van der Waals surface area contributed by atoms with Gasteiger partial charge >= 0.3 is 0 Å². The van der Waals surface area contributed by atoms with Gasteiger partial charge in [0, 0.05) is 44.0 Å². The lowest BCUT2D eigenvalue weighted by Gasteiger charge is -2.29. The Kier molecular flexibility index (Phi) is 6.83. The molecule has 2 heterocycles. The molecule has 0 aliphatic heterocycles. The van der Waals surface area contributed by atoms with Crippen LogP contribution in [0.25, 0.3) is 10.9 Å². The lowest BCUT2D eigenvalue weighted by atomic mass is 9.99. The molecule has 4 aromatic rings.